The summed E-state index contributed by atoms with van der Waals surface area (Å²) in [6, 6.07) is 3.00. The number of amides is 2. The van der Waals surface area contributed by atoms with E-state index < -0.39 is 23.2 Å². The van der Waals surface area contributed by atoms with E-state index in [0.717, 1.165) is 39.1 Å². The van der Waals surface area contributed by atoms with Gasteiger partial charge in [-0.25, -0.2) is 4.79 Å². The molecule has 1 fully saturated rings. The number of nitrogens with zero attached hydrogens (tertiary/aromatic N) is 1. The van der Waals surface area contributed by atoms with Gasteiger partial charge in [0.25, 0.3) is 11.1 Å². The molecule has 0 N–H and O–H groups in total. The van der Waals surface area contributed by atoms with Gasteiger partial charge < -0.3 is 9.47 Å². The van der Waals surface area contributed by atoms with Crippen molar-refractivity contribution in [2.45, 2.75) is 53.5 Å². The first-order valence-electron chi connectivity index (χ1n) is 9.42. The van der Waals surface area contributed by atoms with Crippen molar-refractivity contribution < 1.29 is 23.9 Å². The number of aryl methyl sites for hydroxylation is 1. The second-order valence-corrected chi connectivity index (χ2v) is 7.81. The van der Waals surface area contributed by atoms with Crippen LogP contribution in [-0.2, 0) is 14.3 Å². The van der Waals surface area contributed by atoms with Crippen molar-refractivity contribution in [1.29, 1.82) is 0 Å². The molecule has 1 aliphatic rings. The molecule has 6 nitrogen and oxygen atoms in total. The highest BCUT2D eigenvalue weighted by molar-refractivity contribution is 8.18. The molecule has 2 rings (SSSR count). The van der Waals surface area contributed by atoms with Crippen LogP contribution in [0.4, 0.5) is 4.79 Å². The molecule has 1 aromatic carbocycles. The Morgan fingerprint density at radius 2 is 1.86 bits per heavy atom. The van der Waals surface area contributed by atoms with E-state index in [1.54, 1.807) is 13.0 Å². The number of esters is 1. The highest BCUT2D eigenvalue weighted by Gasteiger charge is 2.41. The highest BCUT2D eigenvalue weighted by Crippen LogP contribution is 2.36. The monoisotopic (exact) mass is 405 g/mol. The van der Waals surface area contributed by atoms with Crippen LogP contribution in [0.1, 0.15) is 57.2 Å². The number of hydrogen-bond donors (Lipinski definition) is 0. The summed E-state index contributed by atoms with van der Waals surface area (Å²) in [6.45, 7) is 12.0. The Labute approximate surface area is 170 Å². The van der Waals surface area contributed by atoms with Gasteiger partial charge in [0, 0.05) is 0 Å². The van der Waals surface area contributed by atoms with Crippen LogP contribution in [0, 0.1) is 6.92 Å². The van der Waals surface area contributed by atoms with Gasteiger partial charge in [-0.15, -0.1) is 0 Å². The average molecular weight is 406 g/mol. The van der Waals surface area contributed by atoms with Crippen molar-refractivity contribution in [3.63, 3.8) is 0 Å². The standard InChI is InChI=1S/C21H27NO5S/c1-7-26-17-9-13(5)15(10-16(17)12(3)4)11-18-19(23)22(21(25)28-18)14(6)20(24)27-8-2/h9-12,14H,7-8H2,1-6H3/b18-11+/t14-/m0/s1. The number of hydrogen-bond acceptors (Lipinski definition) is 6. The lowest BCUT2D eigenvalue weighted by Crippen LogP contribution is -2.42. The van der Waals surface area contributed by atoms with E-state index in [4.69, 9.17) is 9.47 Å². The Balaban J connectivity index is 2.38. The third kappa shape index (κ3) is 4.58. The summed E-state index contributed by atoms with van der Waals surface area (Å²) in [5.74, 6) is 0.00436. The number of carbonyl (C=O) groups is 3. The Morgan fingerprint density at radius 1 is 1.18 bits per heavy atom. The third-order valence-corrected chi connectivity index (χ3v) is 5.33. The number of thioether (sulfide) groups is 1. The Kier molecular flexibility index (Phi) is 7.29. The Hall–Kier alpha value is -2.28. The average Bonchev–Trinajstić information content (AvgIpc) is 2.90. The summed E-state index contributed by atoms with van der Waals surface area (Å²) in [4.78, 5) is 38.3. The first-order chi connectivity index (χ1) is 13.2. The van der Waals surface area contributed by atoms with E-state index in [1.807, 2.05) is 26.0 Å². The minimum absolute atomic E-state index is 0.193. The van der Waals surface area contributed by atoms with Gasteiger partial charge in [-0.3, -0.25) is 14.5 Å². The largest absolute Gasteiger partial charge is 0.494 e. The zero-order chi connectivity index (χ0) is 21.0. The maximum atomic E-state index is 12.8. The SMILES string of the molecule is CCOC(=O)[C@H](C)N1C(=O)S/C(=C/c2cc(C(C)C)c(OCC)cc2C)C1=O. The van der Waals surface area contributed by atoms with E-state index in [-0.39, 0.29) is 12.5 Å². The van der Waals surface area contributed by atoms with Crippen molar-refractivity contribution >= 4 is 35.0 Å². The van der Waals surface area contributed by atoms with Crippen LogP contribution in [0.5, 0.6) is 5.75 Å². The molecule has 1 heterocycles. The summed E-state index contributed by atoms with van der Waals surface area (Å²) in [5.41, 5.74) is 2.83. The molecule has 1 aromatic rings. The van der Waals surface area contributed by atoms with Crippen molar-refractivity contribution in [3.8, 4) is 5.75 Å². The number of carbonyl (C=O) groups excluding carboxylic acids is 3. The smallest absolute Gasteiger partial charge is 0.329 e. The first-order valence-corrected chi connectivity index (χ1v) is 10.2. The number of imide groups is 1. The van der Waals surface area contributed by atoms with Gasteiger partial charge in [-0.05, 0) is 80.3 Å². The molecular formula is C21H27NO5S. The second-order valence-electron chi connectivity index (χ2n) is 6.81. The van der Waals surface area contributed by atoms with Crippen LogP contribution in [0.15, 0.2) is 17.0 Å². The van der Waals surface area contributed by atoms with Gasteiger partial charge in [-0.2, -0.15) is 0 Å². The molecule has 1 aliphatic heterocycles. The molecule has 0 radical (unpaired) electrons. The zero-order valence-electron chi connectivity index (χ0n) is 17.2. The molecule has 152 valence electrons. The molecule has 0 unspecified atom stereocenters. The van der Waals surface area contributed by atoms with Gasteiger partial charge in [0.05, 0.1) is 18.1 Å². The van der Waals surface area contributed by atoms with Gasteiger partial charge in [0.2, 0.25) is 0 Å². The minimum atomic E-state index is -0.953. The van der Waals surface area contributed by atoms with E-state index >= 15 is 0 Å². The maximum Gasteiger partial charge on any atom is 0.329 e. The summed E-state index contributed by atoms with van der Waals surface area (Å²) >= 11 is 0.837. The van der Waals surface area contributed by atoms with Crippen LogP contribution >= 0.6 is 11.8 Å². The Morgan fingerprint density at radius 3 is 2.43 bits per heavy atom. The lowest BCUT2D eigenvalue weighted by Gasteiger charge is -2.19. The van der Waals surface area contributed by atoms with Crippen LogP contribution in [0.25, 0.3) is 6.08 Å². The lowest BCUT2D eigenvalue weighted by molar-refractivity contribution is -0.150. The van der Waals surface area contributed by atoms with E-state index in [1.165, 1.54) is 6.92 Å². The molecule has 28 heavy (non-hydrogen) atoms. The van der Waals surface area contributed by atoms with E-state index in [2.05, 4.69) is 13.8 Å². The normalized spacial score (nSPS) is 16.8. The number of benzene rings is 1. The molecule has 0 spiro atoms. The van der Waals surface area contributed by atoms with Gasteiger partial charge in [0.1, 0.15) is 11.8 Å². The maximum absolute atomic E-state index is 12.8. The van der Waals surface area contributed by atoms with Gasteiger partial charge in [0.15, 0.2) is 0 Å². The third-order valence-electron chi connectivity index (χ3n) is 4.45. The van der Waals surface area contributed by atoms with Crippen LogP contribution in [0.3, 0.4) is 0 Å². The fraction of sp³-hybridized carbons (Fsp3) is 0.476. The van der Waals surface area contributed by atoms with E-state index in [0.29, 0.717) is 11.5 Å². The van der Waals surface area contributed by atoms with Crippen molar-refractivity contribution in [2.75, 3.05) is 13.2 Å². The summed E-state index contributed by atoms with van der Waals surface area (Å²) in [5, 5.41) is -0.468. The zero-order valence-corrected chi connectivity index (χ0v) is 18.0. The summed E-state index contributed by atoms with van der Waals surface area (Å²) in [7, 11) is 0. The van der Waals surface area contributed by atoms with Gasteiger partial charge >= 0.3 is 5.97 Å². The van der Waals surface area contributed by atoms with Crippen molar-refractivity contribution in [2.24, 2.45) is 0 Å². The molecule has 0 aromatic heterocycles. The van der Waals surface area contributed by atoms with Crippen LogP contribution < -0.4 is 4.74 Å². The number of ether oxygens (including phenoxy) is 2. The minimum Gasteiger partial charge on any atom is -0.494 e. The molecule has 7 heteroatoms. The second kappa shape index (κ2) is 9.28. The first kappa shape index (κ1) is 22.0. The molecule has 0 saturated carbocycles. The molecular weight excluding hydrogens is 378 g/mol. The predicted molar refractivity (Wildman–Crippen MR) is 110 cm³/mol. The van der Waals surface area contributed by atoms with Crippen LogP contribution in [-0.4, -0.2) is 41.3 Å². The summed E-state index contributed by atoms with van der Waals surface area (Å²) < 4.78 is 10.7. The molecule has 0 aliphatic carbocycles. The molecule has 1 saturated heterocycles. The van der Waals surface area contributed by atoms with E-state index in [9.17, 15) is 14.4 Å². The topological polar surface area (TPSA) is 72.9 Å². The lowest BCUT2D eigenvalue weighted by atomic mass is 9.96. The Bertz CT molecular complexity index is 815. The molecule has 0 bridgehead atoms. The number of rotatable bonds is 7. The van der Waals surface area contributed by atoms with Gasteiger partial charge in [-0.1, -0.05) is 13.8 Å². The fourth-order valence-corrected chi connectivity index (χ4v) is 3.83. The highest BCUT2D eigenvalue weighted by atomic mass is 32.2. The van der Waals surface area contributed by atoms with Crippen LogP contribution in [0.2, 0.25) is 0 Å². The van der Waals surface area contributed by atoms with Crippen molar-refractivity contribution in [1.82, 2.24) is 4.90 Å². The fourth-order valence-electron chi connectivity index (χ4n) is 2.93. The predicted octanol–water partition coefficient (Wildman–Crippen LogP) is 4.51. The molecule has 2 amide bonds. The van der Waals surface area contributed by atoms with Crippen molar-refractivity contribution in [3.05, 3.63) is 33.7 Å². The quantitative estimate of drug-likeness (QED) is 0.491. The summed E-state index contributed by atoms with van der Waals surface area (Å²) in [6.07, 6.45) is 1.71. The molecule has 1 atom stereocenters.